The van der Waals surface area contributed by atoms with Crippen LogP contribution in [0.2, 0.25) is 0 Å². The Morgan fingerprint density at radius 2 is 2.05 bits per heavy atom. The van der Waals surface area contributed by atoms with E-state index >= 15 is 0 Å². The molecule has 1 aromatic heterocycles. The third kappa shape index (κ3) is 3.83. The summed E-state index contributed by atoms with van der Waals surface area (Å²) in [7, 11) is -4.51. The fourth-order valence-corrected chi connectivity index (χ4v) is 2.83. The maximum absolute atomic E-state index is 11.0. The second-order valence-corrected chi connectivity index (χ2v) is 6.44. The summed E-state index contributed by atoms with van der Waals surface area (Å²) in [5.41, 5.74) is 1.06. The van der Waals surface area contributed by atoms with Crippen LogP contribution in [0.1, 0.15) is 31.6 Å². The second kappa shape index (κ2) is 6.45. The molecule has 0 atom stereocenters. The minimum Gasteiger partial charge on any atom is -0.744 e. The number of hydrogen-bond acceptors (Lipinski definition) is 5. The van der Waals surface area contributed by atoms with Crippen LogP contribution in [-0.4, -0.2) is 24.0 Å². The molecule has 22 heavy (non-hydrogen) atoms. The number of rotatable bonds is 7. The lowest BCUT2D eigenvalue weighted by Crippen LogP contribution is -2.35. The Morgan fingerprint density at radius 1 is 1.32 bits per heavy atom. The predicted molar refractivity (Wildman–Crippen MR) is 75.2 cm³/mol. The number of aromatic nitrogens is 1. The van der Waals surface area contributed by atoms with Crippen molar-refractivity contribution in [3.05, 3.63) is 24.1 Å². The standard InChI is InChI=1S/C14H17NO6S/c1-10-15(8-4-2-3-5-14(16)17)12-7-6-11(22(18,19)20)9-13(12)21-10/h6-7,9H,2-5,8H2,1H3,(H-,16,17,18,19,20). The molecule has 0 amide bonds. The maximum Gasteiger partial charge on any atom is 0.344 e. The number of aliphatic carboxylic acids is 1. The zero-order valence-corrected chi connectivity index (χ0v) is 12.9. The van der Waals surface area contributed by atoms with Gasteiger partial charge in [0, 0.05) is 25.0 Å². The first kappa shape index (κ1) is 16.4. The largest absolute Gasteiger partial charge is 0.744 e. The molecule has 7 nitrogen and oxygen atoms in total. The molecule has 1 heterocycles. The van der Waals surface area contributed by atoms with Crippen molar-refractivity contribution in [3.8, 4) is 0 Å². The SMILES string of the molecule is Cc1oc2cc(S(=O)(=O)[O-])ccc2[n+]1CCCCCC(=O)O. The fourth-order valence-electron chi connectivity index (χ4n) is 2.34. The molecule has 0 fully saturated rings. The highest BCUT2D eigenvalue weighted by atomic mass is 32.2. The number of hydrogen-bond donors (Lipinski definition) is 1. The van der Waals surface area contributed by atoms with Crippen LogP contribution in [0.4, 0.5) is 0 Å². The van der Waals surface area contributed by atoms with Gasteiger partial charge in [-0.3, -0.25) is 4.79 Å². The summed E-state index contributed by atoms with van der Waals surface area (Å²) in [6.45, 7) is 2.39. The lowest BCUT2D eigenvalue weighted by Gasteiger charge is -2.04. The van der Waals surface area contributed by atoms with E-state index in [1.54, 1.807) is 13.0 Å². The van der Waals surface area contributed by atoms with Gasteiger partial charge in [-0.2, -0.15) is 4.57 Å². The molecule has 0 unspecified atom stereocenters. The van der Waals surface area contributed by atoms with Crippen molar-refractivity contribution in [1.29, 1.82) is 0 Å². The van der Waals surface area contributed by atoms with Crippen LogP contribution in [0.5, 0.6) is 0 Å². The monoisotopic (exact) mass is 327 g/mol. The molecule has 0 radical (unpaired) electrons. The number of oxazole rings is 1. The number of carboxylic acids is 1. The molecule has 0 aliphatic carbocycles. The summed E-state index contributed by atoms with van der Waals surface area (Å²) in [5.74, 6) is -0.197. The Kier molecular flexibility index (Phi) is 4.82. The summed E-state index contributed by atoms with van der Waals surface area (Å²) < 4.78 is 40.4. The number of nitrogens with zero attached hydrogens (tertiary/aromatic N) is 1. The molecule has 0 spiro atoms. The van der Waals surface area contributed by atoms with Crippen LogP contribution >= 0.6 is 0 Å². The molecule has 0 saturated carbocycles. The smallest absolute Gasteiger partial charge is 0.344 e. The van der Waals surface area contributed by atoms with Gasteiger partial charge >= 0.3 is 11.9 Å². The number of aryl methyl sites for hydroxylation is 2. The van der Waals surface area contributed by atoms with Gasteiger partial charge in [-0.1, -0.05) is 0 Å². The van der Waals surface area contributed by atoms with Gasteiger partial charge in [0.2, 0.25) is 5.58 Å². The minimum atomic E-state index is -4.51. The van der Waals surface area contributed by atoms with Gasteiger partial charge in [0.25, 0.3) is 5.52 Å². The van der Waals surface area contributed by atoms with Crippen molar-refractivity contribution in [1.82, 2.24) is 0 Å². The van der Waals surface area contributed by atoms with E-state index < -0.39 is 16.1 Å². The van der Waals surface area contributed by atoms with Crippen LogP contribution in [0.15, 0.2) is 27.5 Å². The lowest BCUT2D eigenvalue weighted by molar-refractivity contribution is -0.683. The van der Waals surface area contributed by atoms with Gasteiger partial charge in [-0.15, -0.1) is 0 Å². The zero-order chi connectivity index (χ0) is 16.3. The number of carboxylic acid groups (broad SMARTS) is 1. The Labute approximate surface area is 127 Å². The summed E-state index contributed by atoms with van der Waals surface area (Å²) in [4.78, 5) is 10.1. The minimum absolute atomic E-state index is 0.153. The van der Waals surface area contributed by atoms with E-state index in [4.69, 9.17) is 9.52 Å². The van der Waals surface area contributed by atoms with Gasteiger partial charge in [0.1, 0.15) is 10.1 Å². The summed E-state index contributed by atoms with van der Waals surface area (Å²) >= 11 is 0. The molecule has 1 N–H and O–H groups in total. The quantitative estimate of drug-likeness (QED) is 0.469. The molecule has 8 heteroatoms. The van der Waals surface area contributed by atoms with Gasteiger partial charge in [-0.05, 0) is 18.9 Å². The number of fused-ring (bicyclic) bond motifs is 1. The summed E-state index contributed by atoms with van der Waals surface area (Å²) in [5, 5.41) is 8.58. The average Bonchev–Trinajstić information content (AvgIpc) is 2.72. The molecule has 2 rings (SSSR count). The average molecular weight is 327 g/mol. The van der Waals surface area contributed by atoms with E-state index in [-0.39, 0.29) is 11.3 Å². The predicted octanol–water partition coefficient (Wildman–Crippen LogP) is 1.58. The first-order chi connectivity index (χ1) is 10.3. The highest BCUT2D eigenvalue weighted by molar-refractivity contribution is 7.85. The highest BCUT2D eigenvalue weighted by Crippen LogP contribution is 2.19. The summed E-state index contributed by atoms with van der Waals surface area (Å²) in [6, 6.07) is 4.04. The molecular formula is C14H17NO6S. The zero-order valence-electron chi connectivity index (χ0n) is 12.1. The van der Waals surface area contributed by atoms with Crippen molar-refractivity contribution in [2.75, 3.05) is 0 Å². The normalized spacial score (nSPS) is 11.9. The van der Waals surface area contributed by atoms with E-state index in [1.165, 1.54) is 12.1 Å². The number of carbonyl (C=O) groups is 1. The van der Waals surface area contributed by atoms with E-state index in [9.17, 15) is 17.8 Å². The molecule has 1 aromatic carbocycles. The highest BCUT2D eigenvalue weighted by Gasteiger charge is 2.19. The van der Waals surface area contributed by atoms with Crippen LogP contribution in [-0.2, 0) is 21.5 Å². The van der Waals surface area contributed by atoms with Crippen LogP contribution in [0.25, 0.3) is 11.1 Å². The second-order valence-electron chi connectivity index (χ2n) is 5.06. The topological polar surface area (TPSA) is 112 Å². The van der Waals surface area contributed by atoms with Gasteiger partial charge < -0.3 is 14.1 Å². The Hall–Kier alpha value is -1.93. The molecule has 2 aromatic rings. The first-order valence-corrected chi connectivity index (χ1v) is 8.30. The van der Waals surface area contributed by atoms with E-state index in [0.29, 0.717) is 30.0 Å². The third-order valence-electron chi connectivity index (χ3n) is 3.42. The molecule has 0 aliphatic rings. The van der Waals surface area contributed by atoms with Gasteiger partial charge in [0.05, 0.1) is 11.8 Å². The molecule has 120 valence electrons. The van der Waals surface area contributed by atoms with E-state index in [0.717, 1.165) is 12.8 Å². The molecule has 0 aliphatic heterocycles. The lowest BCUT2D eigenvalue weighted by atomic mass is 10.2. The Morgan fingerprint density at radius 3 is 2.68 bits per heavy atom. The van der Waals surface area contributed by atoms with Crippen molar-refractivity contribution >= 4 is 27.2 Å². The Bertz CT molecular complexity index is 793. The van der Waals surface area contributed by atoms with Crippen LogP contribution in [0, 0.1) is 6.92 Å². The van der Waals surface area contributed by atoms with Crippen molar-refractivity contribution < 1.29 is 31.9 Å². The molecule has 0 bridgehead atoms. The maximum atomic E-state index is 11.0. The van der Waals surface area contributed by atoms with Crippen molar-refractivity contribution in [2.45, 2.75) is 44.0 Å². The molecular weight excluding hydrogens is 310 g/mol. The first-order valence-electron chi connectivity index (χ1n) is 6.90. The van der Waals surface area contributed by atoms with Gasteiger partial charge in [-0.25, -0.2) is 8.42 Å². The van der Waals surface area contributed by atoms with E-state index in [2.05, 4.69) is 0 Å². The van der Waals surface area contributed by atoms with Gasteiger partial charge in [0.15, 0.2) is 6.54 Å². The summed E-state index contributed by atoms with van der Waals surface area (Å²) in [6.07, 6.45) is 2.33. The van der Waals surface area contributed by atoms with Crippen molar-refractivity contribution in [3.63, 3.8) is 0 Å². The van der Waals surface area contributed by atoms with Crippen LogP contribution in [0.3, 0.4) is 0 Å². The Balaban J connectivity index is 2.14. The third-order valence-corrected chi connectivity index (χ3v) is 4.25. The fraction of sp³-hybridized carbons (Fsp3) is 0.429. The number of benzene rings is 1. The van der Waals surface area contributed by atoms with Crippen molar-refractivity contribution in [2.24, 2.45) is 0 Å². The van der Waals surface area contributed by atoms with Crippen LogP contribution < -0.4 is 4.57 Å². The number of unbranched alkanes of at least 4 members (excludes halogenated alkanes) is 2. The van der Waals surface area contributed by atoms with E-state index in [1.807, 2.05) is 4.57 Å². The molecule has 0 saturated heterocycles.